The van der Waals surface area contributed by atoms with Crippen LogP contribution in [-0.4, -0.2) is 12.8 Å². The zero-order chi connectivity index (χ0) is 21.0. The average molecular weight is 395 g/mol. The Labute approximate surface area is 175 Å². The molecule has 1 atom stereocenters. The minimum atomic E-state index is -0.223. The number of nitrogens with one attached hydrogen (secondary N) is 2. The fourth-order valence-electron chi connectivity index (χ4n) is 3.89. The van der Waals surface area contributed by atoms with Crippen molar-refractivity contribution >= 4 is 6.03 Å². The number of amides is 2. The number of carbonyl (C=O) groups is 1. The number of fused-ring (bicyclic) bond motifs is 1. The van der Waals surface area contributed by atoms with Gasteiger partial charge in [0.05, 0.1) is 6.04 Å². The summed E-state index contributed by atoms with van der Waals surface area (Å²) < 4.78 is 5.88. The summed E-state index contributed by atoms with van der Waals surface area (Å²) in [6.07, 6.45) is 4.85. The maximum atomic E-state index is 12.3. The van der Waals surface area contributed by atoms with E-state index in [0.29, 0.717) is 0 Å². The lowest BCUT2D eigenvalue weighted by molar-refractivity contribution is 0.220. The van der Waals surface area contributed by atoms with E-state index in [1.165, 1.54) is 36.0 Å². The molecule has 0 saturated heterocycles. The van der Waals surface area contributed by atoms with Crippen molar-refractivity contribution in [3.05, 3.63) is 64.2 Å². The molecule has 0 heterocycles. The minimum Gasteiger partial charge on any atom is -0.473 e. The summed E-state index contributed by atoms with van der Waals surface area (Å²) in [4.78, 5) is 12.3. The van der Waals surface area contributed by atoms with Gasteiger partial charge in [0.25, 0.3) is 0 Å². The molecule has 0 aliphatic heterocycles. The summed E-state index contributed by atoms with van der Waals surface area (Å²) >= 11 is 0. The third kappa shape index (κ3) is 5.53. The number of carbonyl (C=O) groups excluding carboxylic acids is 1. The molecule has 1 unspecified atom stereocenters. The maximum Gasteiger partial charge on any atom is 0.317 e. The molecule has 0 radical (unpaired) electrons. The number of benzene rings is 2. The molecule has 1 aliphatic carbocycles. The third-order valence-electron chi connectivity index (χ3n) is 5.62. The van der Waals surface area contributed by atoms with Crippen molar-refractivity contribution in [2.24, 2.45) is 0 Å². The van der Waals surface area contributed by atoms with Gasteiger partial charge >= 0.3 is 6.03 Å². The molecule has 156 valence electrons. The van der Waals surface area contributed by atoms with Gasteiger partial charge in [-0.1, -0.05) is 56.7 Å². The molecule has 3 rings (SSSR count). The molecule has 4 heteroatoms. The van der Waals surface area contributed by atoms with E-state index in [-0.39, 0.29) is 24.2 Å². The van der Waals surface area contributed by atoms with E-state index in [1.807, 2.05) is 19.1 Å². The van der Waals surface area contributed by atoms with Gasteiger partial charge < -0.3 is 15.4 Å². The smallest absolute Gasteiger partial charge is 0.317 e. The van der Waals surface area contributed by atoms with Crippen molar-refractivity contribution < 1.29 is 9.53 Å². The number of aryl methyl sites for hydroxylation is 3. The molecule has 4 nitrogen and oxygen atoms in total. The fraction of sp³-hybridized carbons (Fsp3) is 0.480. The lowest BCUT2D eigenvalue weighted by Gasteiger charge is -2.24. The molecule has 2 amide bonds. The van der Waals surface area contributed by atoms with Crippen LogP contribution in [0.2, 0.25) is 0 Å². The van der Waals surface area contributed by atoms with Crippen LogP contribution >= 0.6 is 0 Å². The number of urea groups is 1. The third-order valence-corrected chi connectivity index (χ3v) is 5.62. The first-order valence-corrected chi connectivity index (χ1v) is 10.6. The Hall–Kier alpha value is -2.49. The quantitative estimate of drug-likeness (QED) is 0.652. The van der Waals surface area contributed by atoms with E-state index >= 15 is 0 Å². The average Bonchev–Trinajstić information content (AvgIpc) is 2.68. The lowest BCUT2D eigenvalue weighted by atomic mass is 9.85. The predicted molar refractivity (Wildman–Crippen MR) is 119 cm³/mol. The van der Waals surface area contributed by atoms with E-state index in [0.717, 1.165) is 23.3 Å². The number of rotatable bonds is 5. The molecular formula is C25H34N2O2. The SMILES string of the molecule is Cc1ccc(OCNC(=O)NC(C)c2ccc3c(c2)CCCC3)c(C(C)(C)C)c1. The predicted octanol–water partition coefficient (Wildman–Crippen LogP) is 5.57. The zero-order valence-electron chi connectivity index (χ0n) is 18.4. The van der Waals surface area contributed by atoms with Crippen LogP contribution in [0.3, 0.4) is 0 Å². The Bertz CT molecular complexity index is 868. The summed E-state index contributed by atoms with van der Waals surface area (Å²) in [5.41, 5.74) is 6.35. The molecule has 29 heavy (non-hydrogen) atoms. The van der Waals surface area contributed by atoms with Crippen LogP contribution in [0.1, 0.15) is 74.4 Å². The van der Waals surface area contributed by atoms with Gasteiger partial charge in [-0.05, 0) is 73.3 Å². The molecule has 2 aromatic carbocycles. The molecule has 0 bridgehead atoms. The van der Waals surface area contributed by atoms with Gasteiger partial charge in [0, 0.05) is 0 Å². The van der Waals surface area contributed by atoms with Crippen LogP contribution in [0.25, 0.3) is 0 Å². The first kappa shape index (κ1) is 21.2. The van der Waals surface area contributed by atoms with Gasteiger partial charge in [-0.15, -0.1) is 0 Å². The Morgan fingerprint density at radius 3 is 2.52 bits per heavy atom. The molecule has 0 saturated carbocycles. The van der Waals surface area contributed by atoms with E-state index < -0.39 is 0 Å². The first-order valence-electron chi connectivity index (χ1n) is 10.6. The van der Waals surface area contributed by atoms with E-state index in [2.05, 4.69) is 62.6 Å². The standard InChI is InChI=1S/C25H34N2O2/c1-17-10-13-23(22(14-17)25(3,4)5)29-16-26-24(28)27-18(2)20-12-11-19-8-6-7-9-21(19)15-20/h10-15,18H,6-9,16H2,1-5H3,(H2,26,27,28). The van der Waals surface area contributed by atoms with Crippen molar-refractivity contribution in [2.45, 2.75) is 71.8 Å². The maximum absolute atomic E-state index is 12.3. The van der Waals surface area contributed by atoms with Crippen LogP contribution in [0, 0.1) is 6.92 Å². The van der Waals surface area contributed by atoms with Gasteiger partial charge in [0.1, 0.15) is 5.75 Å². The van der Waals surface area contributed by atoms with Gasteiger partial charge in [-0.2, -0.15) is 0 Å². The van der Waals surface area contributed by atoms with Crippen molar-refractivity contribution in [2.75, 3.05) is 6.73 Å². The molecule has 1 aliphatic rings. The second-order valence-corrected chi connectivity index (χ2v) is 9.15. The van der Waals surface area contributed by atoms with Crippen molar-refractivity contribution in [3.63, 3.8) is 0 Å². The van der Waals surface area contributed by atoms with Crippen molar-refractivity contribution in [1.82, 2.24) is 10.6 Å². The van der Waals surface area contributed by atoms with Crippen molar-refractivity contribution in [1.29, 1.82) is 0 Å². The van der Waals surface area contributed by atoms with Crippen LogP contribution in [0.15, 0.2) is 36.4 Å². The minimum absolute atomic E-state index is 0.0232. The number of hydrogen-bond donors (Lipinski definition) is 2. The summed E-state index contributed by atoms with van der Waals surface area (Å²) in [6.45, 7) is 10.7. The van der Waals surface area contributed by atoms with Gasteiger partial charge in [-0.25, -0.2) is 4.79 Å². The normalized spacial score (nSPS) is 14.7. The van der Waals surface area contributed by atoms with Crippen LogP contribution in [0.5, 0.6) is 5.75 Å². The second-order valence-electron chi connectivity index (χ2n) is 9.15. The number of hydrogen-bond acceptors (Lipinski definition) is 2. The Morgan fingerprint density at radius 1 is 1.07 bits per heavy atom. The summed E-state index contributed by atoms with van der Waals surface area (Å²) in [5.74, 6) is 0.811. The highest BCUT2D eigenvalue weighted by molar-refractivity contribution is 5.74. The van der Waals surface area contributed by atoms with Crippen LogP contribution < -0.4 is 15.4 Å². The van der Waals surface area contributed by atoms with E-state index in [4.69, 9.17) is 4.74 Å². The Kier molecular flexibility index (Phi) is 6.51. The Morgan fingerprint density at radius 2 is 1.79 bits per heavy atom. The summed E-state index contributed by atoms with van der Waals surface area (Å²) in [6, 6.07) is 12.5. The molecule has 0 aromatic heterocycles. The first-order chi connectivity index (χ1) is 13.7. The highest BCUT2D eigenvalue weighted by atomic mass is 16.5. The lowest BCUT2D eigenvalue weighted by Crippen LogP contribution is -2.39. The highest BCUT2D eigenvalue weighted by Crippen LogP contribution is 2.32. The Balaban J connectivity index is 1.54. The van der Waals surface area contributed by atoms with Gasteiger partial charge in [0.15, 0.2) is 6.73 Å². The monoisotopic (exact) mass is 394 g/mol. The molecule has 2 aromatic rings. The van der Waals surface area contributed by atoms with Crippen LogP contribution in [-0.2, 0) is 18.3 Å². The molecular weight excluding hydrogens is 360 g/mol. The summed E-state index contributed by atoms with van der Waals surface area (Å²) in [7, 11) is 0. The van der Waals surface area contributed by atoms with Gasteiger partial charge in [0.2, 0.25) is 0 Å². The summed E-state index contributed by atoms with van der Waals surface area (Å²) in [5, 5.41) is 5.83. The van der Waals surface area contributed by atoms with E-state index in [1.54, 1.807) is 0 Å². The van der Waals surface area contributed by atoms with E-state index in [9.17, 15) is 4.79 Å². The molecule has 2 N–H and O–H groups in total. The zero-order valence-corrected chi connectivity index (χ0v) is 18.4. The molecule has 0 spiro atoms. The second kappa shape index (κ2) is 8.89. The topological polar surface area (TPSA) is 50.4 Å². The van der Waals surface area contributed by atoms with Crippen molar-refractivity contribution in [3.8, 4) is 5.75 Å². The van der Waals surface area contributed by atoms with Gasteiger partial charge in [-0.3, -0.25) is 0 Å². The largest absolute Gasteiger partial charge is 0.473 e. The van der Waals surface area contributed by atoms with Crippen LogP contribution in [0.4, 0.5) is 4.79 Å². The number of ether oxygens (including phenoxy) is 1. The molecule has 0 fully saturated rings. The fourth-order valence-corrected chi connectivity index (χ4v) is 3.89. The highest BCUT2D eigenvalue weighted by Gasteiger charge is 2.19.